The molecule has 2 aliphatic rings. The molecule has 0 unspecified atom stereocenters. The van der Waals surface area contributed by atoms with E-state index in [1.165, 1.54) is 12.0 Å². The summed E-state index contributed by atoms with van der Waals surface area (Å²) in [6, 6.07) is 6.52. The molecule has 2 fully saturated rings. The van der Waals surface area contributed by atoms with Crippen LogP contribution in [0.3, 0.4) is 0 Å². The Bertz CT molecular complexity index is 543. The number of aliphatic hydroxyl groups is 1. The number of likely N-dealkylation sites (N-methyl/N-ethyl adjacent to an activating group) is 1. The van der Waals surface area contributed by atoms with E-state index in [-0.39, 0.29) is 5.41 Å². The van der Waals surface area contributed by atoms with Gasteiger partial charge in [0, 0.05) is 30.6 Å². The van der Waals surface area contributed by atoms with Crippen molar-refractivity contribution in [2.75, 3.05) is 47.5 Å². The molecule has 0 spiro atoms. The topological polar surface area (TPSA) is 45.2 Å². The summed E-state index contributed by atoms with van der Waals surface area (Å²) in [5.74, 6) is 1.67. The summed E-state index contributed by atoms with van der Waals surface area (Å²) >= 11 is 0. The molecule has 2 heterocycles. The predicted molar refractivity (Wildman–Crippen MR) is 94.6 cm³/mol. The van der Waals surface area contributed by atoms with E-state index in [0.29, 0.717) is 12.6 Å². The van der Waals surface area contributed by atoms with Gasteiger partial charge in [0.2, 0.25) is 0 Å². The summed E-state index contributed by atoms with van der Waals surface area (Å²) < 4.78 is 10.8. The Hall–Kier alpha value is -1.30. The van der Waals surface area contributed by atoms with E-state index in [1.807, 2.05) is 6.07 Å². The van der Waals surface area contributed by atoms with Crippen LogP contribution in [-0.4, -0.2) is 68.5 Å². The first kappa shape index (κ1) is 17.5. The fraction of sp³-hybridized carbons (Fsp3) is 0.684. The first-order valence-corrected chi connectivity index (χ1v) is 8.85. The quantitative estimate of drug-likeness (QED) is 0.892. The van der Waals surface area contributed by atoms with E-state index in [9.17, 15) is 5.11 Å². The van der Waals surface area contributed by atoms with Crippen LogP contribution < -0.4 is 9.47 Å². The fourth-order valence-corrected chi connectivity index (χ4v) is 4.43. The van der Waals surface area contributed by atoms with Crippen molar-refractivity contribution in [2.24, 2.45) is 5.41 Å². The molecule has 0 radical (unpaired) electrons. The van der Waals surface area contributed by atoms with Crippen molar-refractivity contribution in [2.45, 2.75) is 31.8 Å². The largest absolute Gasteiger partial charge is 0.497 e. The average Bonchev–Trinajstić information content (AvgIpc) is 2.62. The number of rotatable bonds is 5. The Morgan fingerprint density at radius 1 is 1.12 bits per heavy atom. The van der Waals surface area contributed by atoms with Crippen LogP contribution in [-0.2, 0) is 6.54 Å². The third kappa shape index (κ3) is 3.39. The number of likely N-dealkylation sites (tertiary alicyclic amines) is 2. The lowest BCUT2D eigenvalue weighted by Crippen LogP contribution is -2.61. The number of fused-ring (bicyclic) bond motifs is 1. The molecular weight excluding hydrogens is 304 g/mol. The normalized spacial score (nSPS) is 28.4. The molecule has 0 aromatic heterocycles. The Morgan fingerprint density at radius 2 is 1.83 bits per heavy atom. The predicted octanol–water partition coefficient (Wildman–Crippen LogP) is 1.98. The third-order valence-corrected chi connectivity index (χ3v) is 5.91. The molecule has 0 amide bonds. The Morgan fingerprint density at radius 3 is 2.46 bits per heavy atom. The maximum Gasteiger partial charge on any atom is 0.122 e. The maximum atomic E-state index is 10.0. The summed E-state index contributed by atoms with van der Waals surface area (Å²) in [7, 11) is 5.57. The van der Waals surface area contributed by atoms with Gasteiger partial charge in [-0.1, -0.05) is 0 Å². The van der Waals surface area contributed by atoms with Gasteiger partial charge in [-0.15, -0.1) is 0 Å². The molecule has 24 heavy (non-hydrogen) atoms. The average molecular weight is 334 g/mol. The fourth-order valence-electron chi connectivity index (χ4n) is 4.43. The Balaban J connectivity index is 1.73. The molecule has 0 saturated carbocycles. The van der Waals surface area contributed by atoms with Crippen molar-refractivity contribution in [3.05, 3.63) is 23.8 Å². The minimum atomic E-state index is 0.0928. The number of nitrogens with zero attached hydrogens (tertiary/aromatic N) is 2. The van der Waals surface area contributed by atoms with Gasteiger partial charge in [0.1, 0.15) is 11.5 Å². The summed E-state index contributed by atoms with van der Waals surface area (Å²) in [6.07, 6.45) is 3.42. The smallest absolute Gasteiger partial charge is 0.122 e. The molecule has 5 heteroatoms. The SMILES string of the molecule is COc1cc(CN2CC[C@@]3(CO)CCCN(C)[C@@H]3C2)cc(OC)c1. The monoisotopic (exact) mass is 334 g/mol. The van der Waals surface area contributed by atoms with Gasteiger partial charge in [-0.2, -0.15) is 0 Å². The first-order chi connectivity index (χ1) is 11.6. The highest BCUT2D eigenvalue weighted by atomic mass is 16.5. The van der Waals surface area contributed by atoms with E-state index in [1.54, 1.807) is 14.2 Å². The molecule has 2 atom stereocenters. The highest BCUT2D eigenvalue weighted by Crippen LogP contribution is 2.41. The second kappa shape index (κ2) is 7.30. The molecule has 1 aromatic carbocycles. The van der Waals surface area contributed by atoms with Gasteiger partial charge in [0.05, 0.1) is 20.8 Å². The molecule has 134 valence electrons. The van der Waals surface area contributed by atoms with Crippen LogP contribution in [0, 0.1) is 5.41 Å². The zero-order valence-electron chi connectivity index (χ0n) is 15.1. The van der Waals surface area contributed by atoms with Crippen LogP contribution in [0.4, 0.5) is 0 Å². The van der Waals surface area contributed by atoms with Crippen LogP contribution in [0.15, 0.2) is 18.2 Å². The van der Waals surface area contributed by atoms with E-state index in [4.69, 9.17) is 9.47 Å². The number of hydrogen-bond donors (Lipinski definition) is 1. The summed E-state index contributed by atoms with van der Waals surface area (Å²) in [5.41, 5.74) is 1.30. The molecule has 1 aromatic rings. The lowest BCUT2D eigenvalue weighted by atomic mass is 9.69. The van der Waals surface area contributed by atoms with Crippen molar-refractivity contribution in [1.82, 2.24) is 9.80 Å². The summed E-state index contributed by atoms with van der Waals surface area (Å²) in [4.78, 5) is 4.94. The van der Waals surface area contributed by atoms with Crippen LogP contribution >= 0.6 is 0 Å². The van der Waals surface area contributed by atoms with Gasteiger partial charge in [0.25, 0.3) is 0 Å². The molecule has 1 N–H and O–H groups in total. The highest BCUT2D eigenvalue weighted by molar-refractivity contribution is 5.38. The van der Waals surface area contributed by atoms with Crippen molar-refractivity contribution < 1.29 is 14.6 Å². The standard InChI is InChI=1S/C19H30N2O3/c1-20-7-4-5-19(14-22)6-8-21(13-18(19)20)12-15-9-16(23-2)11-17(10-15)24-3/h9-11,18,22H,4-8,12-14H2,1-3H3/t18-,19-/m1/s1. The Kier molecular flexibility index (Phi) is 5.33. The molecule has 2 saturated heterocycles. The van der Waals surface area contributed by atoms with Crippen LogP contribution in [0.1, 0.15) is 24.8 Å². The van der Waals surface area contributed by atoms with Crippen LogP contribution in [0.25, 0.3) is 0 Å². The van der Waals surface area contributed by atoms with Crippen molar-refractivity contribution >= 4 is 0 Å². The number of methoxy groups -OCH3 is 2. The number of hydrogen-bond acceptors (Lipinski definition) is 5. The molecule has 0 aliphatic carbocycles. The van der Waals surface area contributed by atoms with E-state index >= 15 is 0 Å². The van der Waals surface area contributed by atoms with Gasteiger partial charge < -0.3 is 19.5 Å². The molecule has 2 aliphatic heterocycles. The minimum Gasteiger partial charge on any atom is -0.497 e. The first-order valence-electron chi connectivity index (χ1n) is 8.85. The number of ether oxygens (including phenoxy) is 2. The zero-order valence-corrected chi connectivity index (χ0v) is 15.1. The van der Waals surface area contributed by atoms with Crippen molar-refractivity contribution in [1.29, 1.82) is 0 Å². The lowest BCUT2D eigenvalue weighted by molar-refractivity contribution is -0.0684. The van der Waals surface area contributed by atoms with Crippen molar-refractivity contribution in [3.8, 4) is 11.5 Å². The number of aliphatic hydroxyl groups excluding tert-OH is 1. The van der Waals surface area contributed by atoms with Gasteiger partial charge in [0.15, 0.2) is 0 Å². The van der Waals surface area contributed by atoms with Gasteiger partial charge in [-0.05, 0) is 57.1 Å². The number of benzene rings is 1. The molecule has 3 rings (SSSR count). The van der Waals surface area contributed by atoms with Crippen LogP contribution in [0.5, 0.6) is 11.5 Å². The maximum absolute atomic E-state index is 10.0. The minimum absolute atomic E-state index is 0.0928. The van der Waals surface area contributed by atoms with Gasteiger partial charge >= 0.3 is 0 Å². The second-order valence-electron chi connectivity index (χ2n) is 7.33. The zero-order chi connectivity index (χ0) is 17.2. The molecule has 5 nitrogen and oxygen atoms in total. The summed E-state index contributed by atoms with van der Waals surface area (Å²) in [5, 5.41) is 10.0. The van der Waals surface area contributed by atoms with Gasteiger partial charge in [-0.25, -0.2) is 0 Å². The van der Waals surface area contributed by atoms with Gasteiger partial charge in [-0.3, -0.25) is 4.90 Å². The van der Waals surface area contributed by atoms with E-state index in [2.05, 4.69) is 29.0 Å². The van der Waals surface area contributed by atoms with E-state index < -0.39 is 0 Å². The van der Waals surface area contributed by atoms with E-state index in [0.717, 1.165) is 50.5 Å². The third-order valence-electron chi connectivity index (χ3n) is 5.91. The molecular formula is C19H30N2O3. The summed E-state index contributed by atoms with van der Waals surface area (Å²) in [6.45, 7) is 4.37. The molecule has 0 bridgehead atoms. The number of piperidine rings is 2. The Labute approximate surface area is 145 Å². The van der Waals surface area contributed by atoms with Crippen molar-refractivity contribution in [3.63, 3.8) is 0 Å². The second-order valence-corrected chi connectivity index (χ2v) is 7.33. The van der Waals surface area contributed by atoms with Crippen LogP contribution in [0.2, 0.25) is 0 Å². The highest BCUT2D eigenvalue weighted by Gasteiger charge is 2.46. The lowest BCUT2D eigenvalue weighted by Gasteiger charge is -2.53.